The van der Waals surface area contributed by atoms with Gasteiger partial charge in [0.15, 0.2) is 0 Å². The first-order chi connectivity index (χ1) is 16.6. The predicted octanol–water partition coefficient (Wildman–Crippen LogP) is 4.65. The largest absolute Gasteiger partial charge is 0.493 e. The maximum atomic E-state index is 14.4. The first-order valence-corrected chi connectivity index (χ1v) is 13.2. The van der Waals surface area contributed by atoms with Crippen LogP contribution in [-0.4, -0.2) is 61.2 Å². The van der Waals surface area contributed by atoms with Gasteiger partial charge in [0.1, 0.15) is 11.6 Å². The zero-order valence-corrected chi connectivity index (χ0v) is 20.1. The van der Waals surface area contributed by atoms with Gasteiger partial charge in [0.05, 0.1) is 19.6 Å². The Bertz CT molecular complexity index is 877. The van der Waals surface area contributed by atoms with Crippen LogP contribution < -0.4 is 4.74 Å². The molecule has 5 rings (SSSR count). The maximum Gasteiger partial charge on any atom is 0.409 e. The van der Waals surface area contributed by atoms with Crippen molar-refractivity contribution < 1.29 is 23.5 Å². The van der Waals surface area contributed by atoms with Crippen LogP contribution in [0.2, 0.25) is 0 Å². The van der Waals surface area contributed by atoms with E-state index >= 15 is 0 Å². The monoisotopic (exact) mass is 472 g/mol. The van der Waals surface area contributed by atoms with E-state index in [2.05, 4.69) is 0 Å². The van der Waals surface area contributed by atoms with E-state index in [0.29, 0.717) is 42.3 Å². The van der Waals surface area contributed by atoms with Gasteiger partial charge in [-0.05, 0) is 80.2 Å². The number of ether oxygens (including phenoxy) is 2. The van der Waals surface area contributed by atoms with Crippen molar-refractivity contribution in [2.75, 3.05) is 39.4 Å². The zero-order valence-electron chi connectivity index (χ0n) is 20.1. The lowest BCUT2D eigenvalue weighted by Crippen LogP contribution is -2.42. The molecule has 7 heteroatoms. The van der Waals surface area contributed by atoms with Gasteiger partial charge < -0.3 is 19.3 Å². The Morgan fingerprint density at radius 2 is 1.79 bits per heavy atom. The van der Waals surface area contributed by atoms with E-state index in [4.69, 9.17) is 9.47 Å². The number of rotatable bonds is 9. The molecule has 0 N–H and O–H groups in total. The highest BCUT2D eigenvalue weighted by Crippen LogP contribution is 2.49. The van der Waals surface area contributed by atoms with Gasteiger partial charge in [-0.25, -0.2) is 9.18 Å². The second-order valence-corrected chi connectivity index (χ2v) is 10.7. The van der Waals surface area contributed by atoms with Gasteiger partial charge in [-0.1, -0.05) is 12.5 Å². The highest BCUT2D eigenvalue weighted by Gasteiger charge is 2.43. The average Bonchev–Trinajstić information content (AvgIpc) is 3.53. The molecule has 4 aliphatic rings. The minimum absolute atomic E-state index is 0.00464. The summed E-state index contributed by atoms with van der Waals surface area (Å²) in [6, 6.07) is 4.85. The summed E-state index contributed by atoms with van der Waals surface area (Å²) in [7, 11) is 0. The Morgan fingerprint density at radius 1 is 1.00 bits per heavy atom. The van der Waals surface area contributed by atoms with Crippen molar-refractivity contribution in [3.05, 3.63) is 29.6 Å². The molecule has 186 valence electrons. The van der Waals surface area contributed by atoms with Gasteiger partial charge >= 0.3 is 6.09 Å². The summed E-state index contributed by atoms with van der Waals surface area (Å²) in [5.41, 5.74) is 0.435. The molecule has 6 nitrogen and oxygen atoms in total. The molecule has 1 aromatic rings. The molecule has 2 amide bonds. The van der Waals surface area contributed by atoms with E-state index in [-0.39, 0.29) is 24.2 Å². The molecule has 4 fully saturated rings. The molecule has 34 heavy (non-hydrogen) atoms. The Balaban J connectivity index is 0.976. The third-order valence-corrected chi connectivity index (χ3v) is 8.38. The molecule has 2 saturated heterocycles. The van der Waals surface area contributed by atoms with Crippen LogP contribution in [0.25, 0.3) is 0 Å². The zero-order chi connectivity index (χ0) is 23.5. The number of halogens is 1. The number of carbonyl (C=O) groups is 2. The number of hydrogen-bond acceptors (Lipinski definition) is 4. The summed E-state index contributed by atoms with van der Waals surface area (Å²) in [6.07, 6.45) is 9.01. The Kier molecular flexibility index (Phi) is 7.26. The van der Waals surface area contributed by atoms with Crippen molar-refractivity contribution in [2.24, 2.45) is 23.7 Å². The normalized spacial score (nSPS) is 24.9. The van der Waals surface area contributed by atoms with Crippen LogP contribution in [0.1, 0.15) is 56.9 Å². The Morgan fingerprint density at radius 3 is 2.44 bits per heavy atom. The Labute approximate surface area is 201 Å². The third-order valence-electron chi connectivity index (χ3n) is 8.38. The SMILES string of the molecule is O=C(Cc1ccc(OCCC2CC2C2CCN(C(=O)OCC3CCC3)CC2)cc1F)N1CCC1. The van der Waals surface area contributed by atoms with Gasteiger partial charge in [0, 0.05) is 32.2 Å². The molecular weight excluding hydrogens is 435 g/mol. The molecule has 2 aliphatic heterocycles. The fourth-order valence-corrected chi connectivity index (χ4v) is 5.56. The van der Waals surface area contributed by atoms with Crippen LogP contribution in [0.4, 0.5) is 9.18 Å². The van der Waals surface area contributed by atoms with Gasteiger partial charge in [0.2, 0.25) is 5.91 Å². The number of carbonyl (C=O) groups excluding carboxylic acids is 2. The topological polar surface area (TPSA) is 59.1 Å². The van der Waals surface area contributed by atoms with Crippen molar-refractivity contribution >= 4 is 12.0 Å². The molecule has 2 heterocycles. The Hall–Kier alpha value is -2.31. The second kappa shape index (κ2) is 10.5. The standard InChI is InChI=1S/C27H37FN2O4/c28-25-17-23(6-5-22(25)16-26(31)29-10-2-11-29)33-14-9-21-15-24(21)20-7-12-30(13-8-20)27(32)34-18-19-3-1-4-19/h5-6,17,19-21,24H,1-4,7-16,18H2. The van der Waals surface area contributed by atoms with Gasteiger partial charge in [-0.3, -0.25) is 4.79 Å². The predicted molar refractivity (Wildman–Crippen MR) is 126 cm³/mol. The second-order valence-electron chi connectivity index (χ2n) is 10.7. The van der Waals surface area contributed by atoms with E-state index in [1.54, 1.807) is 17.0 Å². The summed E-state index contributed by atoms with van der Waals surface area (Å²) in [5, 5.41) is 0. The average molecular weight is 473 g/mol. The first-order valence-electron chi connectivity index (χ1n) is 13.2. The lowest BCUT2D eigenvalue weighted by molar-refractivity contribution is -0.133. The number of benzene rings is 1. The molecule has 0 aromatic heterocycles. The van der Waals surface area contributed by atoms with Crippen LogP contribution in [0, 0.1) is 29.5 Å². The molecule has 2 unspecified atom stereocenters. The molecule has 0 spiro atoms. The molecular formula is C27H37FN2O4. The lowest BCUT2D eigenvalue weighted by atomic mass is 9.86. The van der Waals surface area contributed by atoms with E-state index in [0.717, 1.165) is 57.8 Å². The number of amides is 2. The van der Waals surface area contributed by atoms with Crippen LogP contribution in [-0.2, 0) is 16.0 Å². The molecule has 0 bridgehead atoms. The quantitative estimate of drug-likeness (QED) is 0.525. The van der Waals surface area contributed by atoms with Crippen LogP contribution in [0.15, 0.2) is 18.2 Å². The molecule has 2 atom stereocenters. The van der Waals surface area contributed by atoms with Crippen molar-refractivity contribution in [1.29, 1.82) is 0 Å². The lowest BCUT2D eigenvalue weighted by Gasteiger charge is -2.33. The summed E-state index contributed by atoms with van der Waals surface area (Å²) in [4.78, 5) is 28.0. The van der Waals surface area contributed by atoms with Crippen molar-refractivity contribution in [2.45, 2.75) is 57.8 Å². The van der Waals surface area contributed by atoms with Gasteiger partial charge in [-0.2, -0.15) is 0 Å². The number of hydrogen-bond donors (Lipinski definition) is 0. The number of likely N-dealkylation sites (tertiary alicyclic amines) is 2. The third kappa shape index (κ3) is 5.66. The fraction of sp³-hybridized carbons (Fsp3) is 0.704. The minimum Gasteiger partial charge on any atom is -0.493 e. The smallest absolute Gasteiger partial charge is 0.409 e. The molecule has 1 aromatic carbocycles. The molecule has 0 radical (unpaired) electrons. The van der Waals surface area contributed by atoms with E-state index < -0.39 is 0 Å². The van der Waals surface area contributed by atoms with E-state index in [1.165, 1.54) is 31.7 Å². The van der Waals surface area contributed by atoms with Gasteiger partial charge in [0.25, 0.3) is 0 Å². The summed E-state index contributed by atoms with van der Waals surface area (Å²) < 4.78 is 25.7. The van der Waals surface area contributed by atoms with Crippen LogP contribution in [0.3, 0.4) is 0 Å². The van der Waals surface area contributed by atoms with Crippen LogP contribution >= 0.6 is 0 Å². The highest BCUT2D eigenvalue weighted by atomic mass is 19.1. The summed E-state index contributed by atoms with van der Waals surface area (Å²) in [6.45, 7) is 4.36. The summed E-state index contributed by atoms with van der Waals surface area (Å²) >= 11 is 0. The van der Waals surface area contributed by atoms with Gasteiger partial charge in [-0.15, -0.1) is 0 Å². The van der Waals surface area contributed by atoms with Crippen LogP contribution in [0.5, 0.6) is 5.75 Å². The molecule has 2 aliphatic carbocycles. The minimum atomic E-state index is -0.367. The summed E-state index contributed by atoms with van der Waals surface area (Å²) in [5.74, 6) is 2.82. The first kappa shape index (κ1) is 23.4. The number of nitrogens with zero attached hydrogens (tertiary/aromatic N) is 2. The van der Waals surface area contributed by atoms with Crippen molar-refractivity contribution in [3.8, 4) is 5.75 Å². The number of piperidine rings is 1. The fourth-order valence-electron chi connectivity index (χ4n) is 5.56. The van der Waals surface area contributed by atoms with Crippen molar-refractivity contribution in [1.82, 2.24) is 9.80 Å². The van der Waals surface area contributed by atoms with E-state index in [9.17, 15) is 14.0 Å². The van der Waals surface area contributed by atoms with Crippen molar-refractivity contribution in [3.63, 3.8) is 0 Å². The molecule has 2 saturated carbocycles. The maximum absolute atomic E-state index is 14.4. The van der Waals surface area contributed by atoms with E-state index in [1.807, 2.05) is 4.90 Å². The highest BCUT2D eigenvalue weighted by molar-refractivity contribution is 5.79.